The number of amides is 1. The van der Waals surface area contributed by atoms with Crippen LogP contribution in [0.2, 0.25) is 10.0 Å². The molecule has 4 rings (SSSR count). The number of anilines is 2. The minimum Gasteiger partial charge on any atom is -0.375 e. The molecule has 0 unspecified atom stereocenters. The number of benzene rings is 3. The van der Waals surface area contributed by atoms with Crippen molar-refractivity contribution in [1.29, 1.82) is 0 Å². The van der Waals surface area contributed by atoms with Gasteiger partial charge in [-0.2, -0.15) is 0 Å². The van der Waals surface area contributed by atoms with Crippen molar-refractivity contribution in [3.05, 3.63) is 104 Å². The molecule has 9 heteroatoms. The second-order valence-corrected chi connectivity index (χ2v) is 10.4. The molecule has 3 aromatic rings. The third kappa shape index (κ3) is 6.85. The third-order valence-electron chi connectivity index (χ3n) is 6.63. The van der Waals surface area contributed by atoms with E-state index in [1.165, 1.54) is 17.7 Å². The third-order valence-corrected chi connectivity index (χ3v) is 7.19. The number of hydrogen-bond donors (Lipinski definition) is 1. The van der Waals surface area contributed by atoms with Crippen molar-refractivity contribution < 1.29 is 9.72 Å². The molecule has 198 valence electrons. The minimum atomic E-state index is -0.371. The highest BCUT2D eigenvalue weighted by Crippen LogP contribution is 2.31. The van der Waals surface area contributed by atoms with Gasteiger partial charge in [-0.25, -0.2) is 0 Å². The van der Waals surface area contributed by atoms with Crippen LogP contribution in [0.25, 0.3) is 6.08 Å². The topological polar surface area (TPSA) is 78.7 Å². The van der Waals surface area contributed by atoms with Crippen molar-refractivity contribution in [1.82, 2.24) is 4.90 Å². The van der Waals surface area contributed by atoms with Gasteiger partial charge >= 0.3 is 0 Å². The van der Waals surface area contributed by atoms with Crippen LogP contribution in [0.5, 0.6) is 0 Å². The van der Waals surface area contributed by atoms with E-state index in [4.69, 9.17) is 23.2 Å². The molecule has 1 N–H and O–H groups in total. The van der Waals surface area contributed by atoms with Crippen molar-refractivity contribution in [3.8, 4) is 0 Å². The fraction of sp³-hybridized carbons (Fsp3) is 0.276. The average Bonchev–Trinajstić information content (AvgIpc) is 2.91. The van der Waals surface area contributed by atoms with Gasteiger partial charge in [0, 0.05) is 60.6 Å². The standard InChI is InChI=1S/C29H30Cl2N4O3/c1-20(2)22-5-3-21(4-6-22)19-32-27-18-25(10-11-28(27)35(37)38)33-13-15-34(16-14-33)29(36)12-8-23-7-9-24(30)17-26(23)31/h3-12,17-18,20,32H,13-16,19H2,1-2H3. The van der Waals surface area contributed by atoms with E-state index in [9.17, 15) is 14.9 Å². The molecule has 1 saturated heterocycles. The van der Waals surface area contributed by atoms with Gasteiger partial charge in [0.2, 0.25) is 5.91 Å². The van der Waals surface area contributed by atoms with Crippen LogP contribution in [0.15, 0.2) is 66.7 Å². The molecular formula is C29H30Cl2N4O3. The van der Waals surface area contributed by atoms with E-state index in [0.717, 1.165) is 16.8 Å². The highest BCUT2D eigenvalue weighted by Gasteiger charge is 2.22. The van der Waals surface area contributed by atoms with E-state index in [2.05, 4.69) is 36.2 Å². The molecule has 3 aromatic carbocycles. The van der Waals surface area contributed by atoms with Crippen molar-refractivity contribution in [2.75, 3.05) is 36.4 Å². The molecule has 7 nitrogen and oxygen atoms in total. The van der Waals surface area contributed by atoms with E-state index in [0.29, 0.717) is 54.4 Å². The highest BCUT2D eigenvalue weighted by molar-refractivity contribution is 6.35. The molecular weight excluding hydrogens is 523 g/mol. The normalized spacial score (nSPS) is 13.8. The zero-order chi connectivity index (χ0) is 27.2. The Kier molecular flexibility index (Phi) is 8.92. The number of piperazine rings is 1. The second-order valence-electron chi connectivity index (χ2n) is 9.52. The SMILES string of the molecule is CC(C)c1ccc(CNc2cc(N3CCN(C(=O)C=Cc4ccc(Cl)cc4Cl)CC3)ccc2[N+](=O)[O-])cc1. The molecule has 1 amide bonds. The van der Waals surface area contributed by atoms with Gasteiger partial charge in [0.05, 0.1) is 4.92 Å². The van der Waals surface area contributed by atoms with Crippen LogP contribution >= 0.6 is 23.2 Å². The summed E-state index contributed by atoms with van der Waals surface area (Å²) in [5.41, 5.74) is 4.42. The predicted octanol–water partition coefficient (Wildman–Crippen LogP) is 7.00. The molecule has 1 heterocycles. The van der Waals surface area contributed by atoms with Crippen molar-refractivity contribution in [2.24, 2.45) is 0 Å². The monoisotopic (exact) mass is 552 g/mol. The number of carbonyl (C=O) groups is 1. The van der Waals surface area contributed by atoms with Crippen molar-refractivity contribution in [3.63, 3.8) is 0 Å². The smallest absolute Gasteiger partial charge is 0.292 e. The maximum atomic E-state index is 12.7. The van der Waals surface area contributed by atoms with Crippen LogP contribution in [0, 0.1) is 10.1 Å². The summed E-state index contributed by atoms with van der Waals surface area (Å²) >= 11 is 12.1. The number of nitrogens with zero attached hydrogens (tertiary/aromatic N) is 3. The number of nitro benzene ring substituents is 1. The fourth-order valence-electron chi connectivity index (χ4n) is 4.33. The first kappa shape index (κ1) is 27.5. The van der Waals surface area contributed by atoms with Crippen LogP contribution in [0.3, 0.4) is 0 Å². The van der Waals surface area contributed by atoms with E-state index in [1.54, 1.807) is 35.2 Å². The van der Waals surface area contributed by atoms with E-state index < -0.39 is 0 Å². The zero-order valence-electron chi connectivity index (χ0n) is 21.4. The Labute approximate surface area is 232 Å². The van der Waals surface area contributed by atoms with Crippen LogP contribution < -0.4 is 10.2 Å². The lowest BCUT2D eigenvalue weighted by atomic mass is 10.0. The maximum Gasteiger partial charge on any atom is 0.292 e. The first-order chi connectivity index (χ1) is 18.2. The molecule has 0 saturated carbocycles. The molecule has 0 atom stereocenters. The number of nitrogens with one attached hydrogen (secondary N) is 1. The van der Waals surface area contributed by atoms with E-state index >= 15 is 0 Å². The summed E-state index contributed by atoms with van der Waals surface area (Å²) in [5.74, 6) is 0.355. The fourth-order valence-corrected chi connectivity index (χ4v) is 4.80. The quantitative estimate of drug-likeness (QED) is 0.185. The number of rotatable bonds is 8. The second kappa shape index (κ2) is 12.3. The molecule has 0 aromatic heterocycles. The van der Waals surface area contributed by atoms with Gasteiger partial charge in [-0.1, -0.05) is 67.4 Å². The molecule has 0 bridgehead atoms. The molecule has 1 aliphatic rings. The maximum absolute atomic E-state index is 12.7. The van der Waals surface area contributed by atoms with Gasteiger partial charge in [-0.05, 0) is 52.9 Å². The van der Waals surface area contributed by atoms with Gasteiger partial charge < -0.3 is 15.1 Å². The van der Waals surface area contributed by atoms with Crippen LogP contribution in [-0.4, -0.2) is 41.9 Å². The molecule has 0 aliphatic carbocycles. The molecule has 0 radical (unpaired) electrons. The van der Waals surface area contributed by atoms with Gasteiger partial charge in [0.25, 0.3) is 5.69 Å². The Hall–Kier alpha value is -3.55. The molecule has 0 spiro atoms. The predicted molar refractivity (Wildman–Crippen MR) is 155 cm³/mol. The molecule has 1 aliphatic heterocycles. The number of halogens is 2. The molecule has 1 fully saturated rings. The highest BCUT2D eigenvalue weighted by atomic mass is 35.5. The summed E-state index contributed by atoms with van der Waals surface area (Å²) in [6.07, 6.45) is 3.21. The van der Waals surface area contributed by atoms with Crippen LogP contribution in [0.4, 0.5) is 17.1 Å². The first-order valence-electron chi connectivity index (χ1n) is 12.5. The Balaban J connectivity index is 1.39. The van der Waals surface area contributed by atoms with Gasteiger partial charge in [-0.15, -0.1) is 0 Å². The Morgan fingerprint density at radius 2 is 1.74 bits per heavy atom. The van der Waals surface area contributed by atoms with E-state index in [1.807, 2.05) is 18.2 Å². The van der Waals surface area contributed by atoms with Gasteiger partial charge in [-0.3, -0.25) is 14.9 Å². The number of nitro groups is 1. The average molecular weight is 553 g/mol. The first-order valence-corrected chi connectivity index (χ1v) is 13.2. The van der Waals surface area contributed by atoms with Crippen LogP contribution in [0.1, 0.15) is 36.5 Å². The number of carbonyl (C=O) groups excluding carboxylic acids is 1. The zero-order valence-corrected chi connectivity index (χ0v) is 22.9. The Bertz CT molecular complexity index is 1330. The Morgan fingerprint density at radius 1 is 1.03 bits per heavy atom. The summed E-state index contributed by atoms with van der Waals surface area (Å²) in [5, 5.41) is 15.9. The summed E-state index contributed by atoms with van der Waals surface area (Å²) in [4.78, 5) is 27.9. The van der Waals surface area contributed by atoms with Gasteiger partial charge in [0.1, 0.15) is 5.69 Å². The minimum absolute atomic E-state index is 0.0346. The molecule has 38 heavy (non-hydrogen) atoms. The summed E-state index contributed by atoms with van der Waals surface area (Å²) in [7, 11) is 0. The van der Waals surface area contributed by atoms with Gasteiger partial charge in [0.15, 0.2) is 0 Å². The summed E-state index contributed by atoms with van der Waals surface area (Å²) in [6, 6.07) is 18.5. The Morgan fingerprint density at radius 3 is 2.37 bits per heavy atom. The van der Waals surface area contributed by atoms with E-state index in [-0.39, 0.29) is 16.5 Å². The summed E-state index contributed by atoms with van der Waals surface area (Å²) < 4.78 is 0. The van der Waals surface area contributed by atoms with Crippen molar-refractivity contribution in [2.45, 2.75) is 26.3 Å². The lowest BCUT2D eigenvalue weighted by molar-refractivity contribution is -0.384. The van der Waals surface area contributed by atoms with Crippen LogP contribution in [-0.2, 0) is 11.3 Å². The summed E-state index contributed by atoms with van der Waals surface area (Å²) in [6.45, 7) is 7.09. The lowest BCUT2D eigenvalue weighted by Gasteiger charge is -2.35. The number of hydrogen-bond acceptors (Lipinski definition) is 5. The lowest BCUT2D eigenvalue weighted by Crippen LogP contribution is -2.48. The van der Waals surface area contributed by atoms with Crippen molar-refractivity contribution >= 4 is 52.2 Å². The largest absolute Gasteiger partial charge is 0.375 e.